The minimum Gasteiger partial charge on any atom is -0.356 e. The third-order valence-electron chi connectivity index (χ3n) is 3.75. The number of rotatable bonds is 4. The van der Waals surface area contributed by atoms with Gasteiger partial charge in [-0.1, -0.05) is 6.92 Å². The van der Waals surface area contributed by atoms with E-state index in [1.165, 1.54) is 5.56 Å². The zero-order valence-corrected chi connectivity index (χ0v) is 12.3. The normalized spacial score (nSPS) is 14.8. The van der Waals surface area contributed by atoms with Crippen molar-refractivity contribution < 1.29 is 0 Å². The molecule has 0 spiro atoms. The molecule has 0 aromatic carbocycles. The second-order valence-electron chi connectivity index (χ2n) is 5.49. The topological polar surface area (TPSA) is 70.6 Å². The second kappa shape index (κ2) is 5.52. The maximum Gasteiger partial charge on any atom is 0.146 e. The van der Waals surface area contributed by atoms with Gasteiger partial charge in [0.2, 0.25) is 0 Å². The molecule has 0 atom stereocenters. The maximum absolute atomic E-state index is 9.04. The van der Waals surface area contributed by atoms with Crippen molar-refractivity contribution in [3.8, 4) is 6.07 Å². The highest BCUT2D eigenvalue weighted by molar-refractivity contribution is 5.45. The predicted molar refractivity (Wildman–Crippen MR) is 78.7 cm³/mol. The number of hydrogen-bond acceptors (Lipinski definition) is 5. The Morgan fingerprint density at radius 1 is 1.38 bits per heavy atom. The van der Waals surface area contributed by atoms with E-state index in [1.54, 1.807) is 6.07 Å². The maximum atomic E-state index is 9.04. The molecule has 0 unspecified atom stereocenters. The number of nitriles is 1. The fraction of sp³-hybridized carbons (Fsp3) is 0.467. The largest absolute Gasteiger partial charge is 0.356 e. The van der Waals surface area contributed by atoms with E-state index in [4.69, 9.17) is 5.26 Å². The van der Waals surface area contributed by atoms with Crippen molar-refractivity contribution in [2.45, 2.75) is 19.8 Å². The summed E-state index contributed by atoms with van der Waals surface area (Å²) in [6, 6.07) is 3.89. The number of aromatic nitrogens is 4. The van der Waals surface area contributed by atoms with Crippen LogP contribution in [0, 0.1) is 17.2 Å². The van der Waals surface area contributed by atoms with Gasteiger partial charge >= 0.3 is 0 Å². The van der Waals surface area contributed by atoms with E-state index in [-0.39, 0.29) is 0 Å². The summed E-state index contributed by atoms with van der Waals surface area (Å²) in [6.07, 6.45) is 5.78. The SMILES string of the molecule is CCc1nc(C#N)cc(N2CC(Cc3cnn(C)c3)C2)n1. The molecule has 6 nitrogen and oxygen atoms in total. The molecule has 0 aliphatic carbocycles. The molecule has 1 saturated heterocycles. The van der Waals surface area contributed by atoms with Crippen molar-refractivity contribution >= 4 is 5.82 Å². The van der Waals surface area contributed by atoms with Crippen molar-refractivity contribution in [2.24, 2.45) is 13.0 Å². The molecule has 3 rings (SSSR count). The Morgan fingerprint density at radius 2 is 2.19 bits per heavy atom. The summed E-state index contributed by atoms with van der Waals surface area (Å²) in [4.78, 5) is 10.9. The van der Waals surface area contributed by atoms with Crippen LogP contribution in [-0.4, -0.2) is 32.8 Å². The lowest BCUT2D eigenvalue weighted by Crippen LogP contribution is -2.48. The first-order chi connectivity index (χ1) is 10.2. The Hall–Kier alpha value is -2.42. The minimum absolute atomic E-state index is 0.451. The van der Waals surface area contributed by atoms with Gasteiger partial charge in [-0.3, -0.25) is 4.68 Å². The van der Waals surface area contributed by atoms with E-state index in [1.807, 2.05) is 24.9 Å². The third-order valence-corrected chi connectivity index (χ3v) is 3.75. The van der Waals surface area contributed by atoms with E-state index in [0.717, 1.165) is 37.6 Å². The van der Waals surface area contributed by atoms with Gasteiger partial charge in [-0.2, -0.15) is 10.4 Å². The number of hydrogen-bond donors (Lipinski definition) is 0. The highest BCUT2D eigenvalue weighted by atomic mass is 15.3. The monoisotopic (exact) mass is 282 g/mol. The van der Waals surface area contributed by atoms with Crippen LogP contribution < -0.4 is 4.90 Å². The molecule has 0 amide bonds. The molecular formula is C15H18N6. The van der Waals surface area contributed by atoms with Crippen molar-refractivity contribution in [3.63, 3.8) is 0 Å². The van der Waals surface area contributed by atoms with Crippen LogP contribution in [0.2, 0.25) is 0 Å². The molecule has 1 fully saturated rings. The highest BCUT2D eigenvalue weighted by Gasteiger charge is 2.28. The molecule has 2 aromatic rings. The van der Waals surface area contributed by atoms with Crippen LogP contribution in [0.1, 0.15) is 24.0 Å². The van der Waals surface area contributed by atoms with Crippen LogP contribution >= 0.6 is 0 Å². The van der Waals surface area contributed by atoms with Gasteiger partial charge in [0, 0.05) is 38.8 Å². The first-order valence-corrected chi connectivity index (χ1v) is 7.18. The summed E-state index contributed by atoms with van der Waals surface area (Å²) in [5.41, 5.74) is 1.73. The zero-order valence-electron chi connectivity index (χ0n) is 12.3. The molecule has 1 aliphatic heterocycles. The fourth-order valence-corrected chi connectivity index (χ4v) is 2.66. The number of anilines is 1. The van der Waals surface area contributed by atoms with Crippen LogP contribution in [0.25, 0.3) is 0 Å². The van der Waals surface area contributed by atoms with Gasteiger partial charge < -0.3 is 4.90 Å². The minimum atomic E-state index is 0.451. The quantitative estimate of drug-likeness (QED) is 0.846. The molecule has 6 heteroatoms. The lowest BCUT2D eigenvalue weighted by molar-refractivity contribution is 0.404. The second-order valence-corrected chi connectivity index (χ2v) is 5.49. The molecule has 21 heavy (non-hydrogen) atoms. The molecule has 1 aliphatic rings. The van der Waals surface area contributed by atoms with Crippen LogP contribution in [0.4, 0.5) is 5.82 Å². The first-order valence-electron chi connectivity index (χ1n) is 7.18. The van der Waals surface area contributed by atoms with Crippen LogP contribution in [0.3, 0.4) is 0 Å². The Morgan fingerprint density at radius 3 is 2.81 bits per heavy atom. The first kappa shape index (κ1) is 13.6. The fourth-order valence-electron chi connectivity index (χ4n) is 2.66. The van der Waals surface area contributed by atoms with Crippen molar-refractivity contribution in [1.82, 2.24) is 19.7 Å². The Labute approximate surface area is 124 Å². The summed E-state index contributed by atoms with van der Waals surface area (Å²) >= 11 is 0. The van der Waals surface area contributed by atoms with Crippen LogP contribution in [0.5, 0.6) is 0 Å². The predicted octanol–water partition coefficient (Wildman–Crippen LogP) is 1.32. The van der Waals surface area contributed by atoms with E-state index in [2.05, 4.69) is 32.2 Å². The van der Waals surface area contributed by atoms with Crippen LogP contribution in [0.15, 0.2) is 18.5 Å². The Balaban J connectivity index is 1.64. The summed E-state index contributed by atoms with van der Waals surface area (Å²) in [7, 11) is 1.94. The van der Waals surface area contributed by atoms with Gasteiger partial charge in [-0.15, -0.1) is 0 Å². The summed E-state index contributed by atoms with van der Waals surface area (Å²) in [5, 5.41) is 13.2. The molecule has 3 heterocycles. The highest BCUT2D eigenvalue weighted by Crippen LogP contribution is 2.26. The Bertz CT molecular complexity index is 678. The van der Waals surface area contributed by atoms with Crippen molar-refractivity contribution in [3.05, 3.63) is 35.5 Å². The standard InChI is InChI=1S/C15H18N6/c1-3-14-18-13(6-16)5-15(19-14)21-9-12(10-21)4-11-7-17-20(2)8-11/h5,7-8,12H,3-4,9-10H2,1-2H3. The van der Waals surface area contributed by atoms with Crippen LogP contribution in [-0.2, 0) is 19.9 Å². The van der Waals surface area contributed by atoms with E-state index >= 15 is 0 Å². The van der Waals surface area contributed by atoms with Crippen molar-refractivity contribution in [1.29, 1.82) is 5.26 Å². The average Bonchev–Trinajstić information content (AvgIpc) is 2.87. The molecule has 0 saturated carbocycles. The lowest BCUT2D eigenvalue weighted by atomic mass is 9.93. The van der Waals surface area contributed by atoms with Gasteiger partial charge in [0.1, 0.15) is 23.4 Å². The van der Waals surface area contributed by atoms with E-state index < -0.39 is 0 Å². The summed E-state index contributed by atoms with van der Waals surface area (Å²) < 4.78 is 1.84. The lowest BCUT2D eigenvalue weighted by Gasteiger charge is -2.40. The zero-order chi connectivity index (χ0) is 14.8. The van der Waals surface area contributed by atoms with Gasteiger partial charge in [0.15, 0.2) is 0 Å². The third kappa shape index (κ3) is 2.87. The molecule has 2 aromatic heterocycles. The van der Waals surface area contributed by atoms with Gasteiger partial charge in [-0.05, 0) is 17.9 Å². The number of nitrogens with zero attached hydrogens (tertiary/aromatic N) is 6. The molecule has 0 N–H and O–H groups in total. The smallest absolute Gasteiger partial charge is 0.146 e. The summed E-state index contributed by atoms with van der Waals surface area (Å²) in [5.74, 6) is 2.24. The van der Waals surface area contributed by atoms with Gasteiger partial charge in [-0.25, -0.2) is 9.97 Å². The Kier molecular flexibility index (Phi) is 3.57. The summed E-state index contributed by atoms with van der Waals surface area (Å²) in [6.45, 7) is 3.95. The van der Waals surface area contributed by atoms with E-state index in [9.17, 15) is 0 Å². The van der Waals surface area contributed by atoms with Gasteiger partial charge in [0.25, 0.3) is 0 Å². The molecule has 0 radical (unpaired) electrons. The molecular weight excluding hydrogens is 264 g/mol. The molecule has 108 valence electrons. The molecule has 0 bridgehead atoms. The van der Waals surface area contributed by atoms with Crippen molar-refractivity contribution in [2.75, 3.05) is 18.0 Å². The number of aryl methyl sites for hydroxylation is 2. The average molecular weight is 282 g/mol. The van der Waals surface area contributed by atoms with E-state index in [0.29, 0.717) is 11.6 Å². The van der Waals surface area contributed by atoms with Gasteiger partial charge in [0.05, 0.1) is 6.20 Å².